The summed E-state index contributed by atoms with van der Waals surface area (Å²) in [4.78, 5) is 37.5. The standard InChI is InChI=1S/C19H22N4O3/c1-22-5-2-12(3-6-22)23-18(24)13-8-15-16(9-14(13)19(23)25)21-17(20-15)11-4-7-26-10-11/h8-9,11-12H,2-7,10H2,1H3,(H,20,21). The van der Waals surface area contributed by atoms with Gasteiger partial charge in [0.1, 0.15) is 5.82 Å². The molecule has 1 aromatic heterocycles. The van der Waals surface area contributed by atoms with Crippen LogP contribution in [-0.2, 0) is 4.74 Å². The average molecular weight is 354 g/mol. The van der Waals surface area contributed by atoms with E-state index in [9.17, 15) is 9.59 Å². The Balaban J connectivity index is 1.48. The number of nitrogens with one attached hydrogen (secondary N) is 1. The highest BCUT2D eigenvalue weighted by atomic mass is 16.5. The van der Waals surface area contributed by atoms with Gasteiger partial charge in [-0.15, -0.1) is 0 Å². The van der Waals surface area contributed by atoms with Crippen molar-refractivity contribution in [3.05, 3.63) is 29.1 Å². The summed E-state index contributed by atoms with van der Waals surface area (Å²) in [7, 11) is 2.07. The highest BCUT2D eigenvalue weighted by Gasteiger charge is 2.41. The zero-order valence-electron chi connectivity index (χ0n) is 14.8. The second kappa shape index (κ2) is 5.89. The van der Waals surface area contributed by atoms with Crippen LogP contribution in [0.2, 0.25) is 0 Å². The number of carbonyl (C=O) groups is 2. The van der Waals surface area contributed by atoms with Crippen LogP contribution in [0.5, 0.6) is 0 Å². The zero-order chi connectivity index (χ0) is 17.8. The van der Waals surface area contributed by atoms with Crippen LogP contribution in [0, 0.1) is 0 Å². The van der Waals surface area contributed by atoms with Gasteiger partial charge in [-0.05, 0) is 51.5 Å². The Morgan fingerprint density at radius 2 is 1.85 bits per heavy atom. The topological polar surface area (TPSA) is 78.5 Å². The Bertz CT molecular complexity index is 839. The summed E-state index contributed by atoms with van der Waals surface area (Å²) in [5.41, 5.74) is 2.55. The van der Waals surface area contributed by atoms with Crippen LogP contribution in [0.25, 0.3) is 11.0 Å². The van der Waals surface area contributed by atoms with Crippen molar-refractivity contribution in [2.75, 3.05) is 33.4 Å². The molecule has 136 valence electrons. The lowest BCUT2D eigenvalue weighted by Crippen LogP contribution is -2.46. The van der Waals surface area contributed by atoms with Gasteiger partial charge in [0.05, 0.1) is 28.8 Å². The van der Waals surface area contributed by atoms with E-state index in [-0.39, 0.29) is 23.8 Å². The summed E-state index contributed by atoms with van der Waals surface area (Å²) in [5.74, 6) is 0.810. The van der Waals surface area contributed by atoms with Crippen molar-refractivity contribution in [2.45, 2.75) is 31.2 Å². The lowest BCUT2D eigenvalue weighted by Gasteiger charge is -2.33. The van der Waals surface area contributed by atoms with Gasteiger partial charge >= 0.3 is 0 Å². The van der Waals surface area contributed by atoms with Gasteiger partial charge in [0.2, 0.25) is 0 Å². The van der Waals surface area contributed by atoms with Gasteiger partial charge in [-0.3, -0.25) is 14.5 Å². The smallest absolute Gasteiger partial charge is 0.261 e. The lowest BCUT2D eigenvalue weighted by molar-refractivity contribution is 0.0516. The maximum Gasteiger partial charge on any atom is 0.261 e. The molecule has 26 heavy (non-hydrogen) atoms. The van der Waals surface area contributed by atoms with Gasteiger partial charge in [0.25, 0.3) is 11.8 Å². The molecule has 2 fully saturated rings. The minimum Gasteiger partial charge on any atom is -0.381 e. The van der Waals surface area contributed by atoms with Gasteiger partial charge < -0.3 is 14.6 Å². The van der Waals surface area contributed by atoms with Crippen LogP contribution < -0.4 is 0 Å². The molecule has 2 amide bonds. The van der Waals surface area contributed by atoms with Crippen molar-refractivity contribution >= 4 is 22.8 Å². The molecule has 0 aliphatic carbocycles. The Labute approximate surface area is 151 Å². The van der Waals surface area contributed by atoms with Crippen LogP contribution in [0.3, 0.4) is 0 Å². The number of amides is 2. The number of aromatic nitrogens is 2. The number of likely N-dealkylation sites (tertiary alicyclic amines) is 1. The van der Waals surface area contributed by atoms with Gasteiger partial charge in [-0.1, -0.05) is 0 Å². The molecule has 7 nitrogen and oxygen atoms in total. The number of fused-ring (bicyclic) bond motifs is 2. The highest BCUT2D eigenvalue weighted by molar-refractivity contribution is 6.23. The second-order valence-corrected chi connectivity index (χ2v) is 7.61. The first kappa shape index (κ1) is 16.0. The Hall–Kier alpha value is -2.25. The van der Waals surface area contributed by atoms with Crippen LogP contribution >= 0.6 is 0 Å². The number of hydrogen-bond acceptors (Lipinski definition) is 5. The Morgan fingerprint density at radius 1 is 1.12 bits per heavy atom. The molecule has 2 saturated heterocycles. The fourth-order valence-electron chi connectivity index (χ4n) is 4.31. The first-order valence-corrected chi connectivity index (χ1v) is 9.29. The maximum atomic E-state index is 12.9. The normalized spacial score (nSPS) is 24.8. The number of aromatic amines is 1. The van der Waals surface area contributed by atoms with Gasteiger partial charge in [-0.25, -0.2) is 4.98 Å². The number of piperidine rings is 1. The monoisotopic (exact) mass is 354 g/mol. The van der Waals surface area contributed by atoms with Gasteiger partial charge in [0, 0.05) is 18.6 Å². The fraction of sp³-hybridized carbons (Fsp3) is 0.526. The predicted octanol–water partition coefficient (Wildman–Crippen LogP) is 1.76. The van der Waals surface area contributed by atoms with E-state index in [1.54, 1.807) is 12.1 Å². The lowest BCUT2D eigenvalue weighted by atomic mass is 10.0. The maximum absolute atomic E-state index is 12.9. The molecule has 0 radical (unpaired) electrons. The van der Waals surface area contributed by atoms with Crippen molar-refractivity contribution in [3.63, 3.8) is 0 Å². The predicted molar refractivity (Wildman–Crippen MR) is 95.3 cm³/mol. The van der Waals surface area contributed by atoms with Crippen LogP contribution in [0.1, 0.15) is 51.7 Å². The average Bonchev–Trinajstić information content (AvgIpc) is 3.34. The summed E-state index contributed by atoms with van der Waals surface area (Å²) < 4.78 is 5.43. The number of imidazole rings is 1. The van der Waals surface area contributed by atoms with Crippen LogP contribution in [-0.4, -0.2) is 71.0 Å². The number of carbonyl (C=O) groups excluding carboxylic acids is 2. The SMILES string of the molecule is CN1CCC(N2C(=O)c3cc4nc(C5CCOC5)[nH]c4cc3C2=O)CC1. The van der Waals surface area contributed by atoms with E-state index in [1.807, 2.05) is 0 Å². The summed E-state index contributed by atoms with van der Waals surface area (Å²) in [6.07, 6.45) is 2.62. The molecule has 3 aliphatic heterocycles. The number of H-pyrrole nitrogens is 1. The molecular formula is C19H22N4O3. The highest BCUT2D eigenvalue weighted by Crippen LogP contribution is 2.32. The van der Waals surface area contributed by atoms with E-state index in [4.69, 9.17) is 4.74 Å². The molecule has 4 heterocycles. The van der Waals surface area contributed by atoms with E-state index in [2.05, 4.69) is 21.9 Å². The first-order chi connectivity index (χ1) is 12.6. The summed E-state index contributed by atoms with van der Waals surface area (Å²) in [6.45, 7) is 3.24. The fourth-order valence-corrected chi connectivity index (χ4v) is 4.31. The Morgan fingerprint density at radius 3 is 2.54 bits per heavy atom. The number of hydrogen-bond donors (Lipinski definition) is 1. The molecule has 1 unspecified atom stereocenters. The third-order valence-corrected chi connectivity index (χ3v) is 5.91. The van der Waals surface area contributed by atoms with E-state index < -0.39 is 0 Å². The van der Waals surface area contributed by atoms with Gasteiger partial charge in [-0.2, -0.15) is 0 Å². The molecule has 0 spiro atoms. The molecule has 0 saturated carbocycles. The quantitative estimate of drug-likeness (QED) is 0.832. The molecule has 0 bridgehead atoms. The van der Waals surface area contributed by atoms with Crippen molar-refractivity contribution < 1.29 is 14.3 Å². The van der Waals surface area contributed by atoms with Crippen molar-refractivity contribution in [1.29, 1.82) is 0 Å². The number of benzene rings is 1. The summed E-state index contributed by atoms with van der Waals surface area (Å²) >= 11 is 0. The minimum absolute atomic E-state index is 0.00361. The van der Waals surface area contributed by atoms with E-state index >= 15 is 0 Å². The molecular weight excluding hydrogens is 332 g/mol. The number of rotatable bonds is 2. The third-order valence-electron chi connectivity index (χ3n) is 5.91. The van der Waals surface area contributed by atoms with E-state index in [1.165, 1.54) is 4.90 Å². The zero-order valence-corrected chi connectivity index (χ0v) is 14.8. The number of nitrogens with zero attached hydrogens (tertiary/aromatic N) is 3. The molecule has 7 heteroatoms. The van der Waals surface area contributed by atoms with E-state index in [0.29, 0.717) is 17.7 Å². The summed E-state index contributed by atoms with van der Waals surface area (Å²) in [5, 5.41) is 0. The van der Waals surface area contributed by atoms with Crippen LogP contribution in [0.4, 0.5) is 0 Å². The molecule has 5 rings (SSSR count). The molecule has 1 atom stereocenters. The van der Waals surface area contributed by atoms with Crippen molar-refractivity contribution in [2.24, 2.45) is 0 Å². The second-order valence-electron chi connectivity index (χ2n) is 7.61. The van der Waals surface area contributed by atoms with E-state index in [0.717, 1.165) is 55.8 Å². The molecule has 3 aliphatic rings. The molecule has 1 N–H and O–H groups in total. The van der Waals surface area contributed by atoms with Crippen molar-refractivity contribution in [3.8, 4) is 0 Å². The summed E-state index contributed by atoms with van der Waals surface area (Å²) in [6, 6.07) is 3.57. The first-order valence-electron chi connectivity index (χ1n) is 9.29. The minimum atomic E-state index is -0.171. The third kappa shape index (κ3) is 2.38. The van der Waals surface area contributed by atoms with Gasteiger partial charge in [0.15, 0.2) is 0 Å². The Kier molecular flexibility index (Phi) is 3.62. The number of imide groups is 1. The van der Waals surface area contributed by atoms with Crippen LogP contribution in [0.15, 0.2) is 12.1 Å². The molecule has 2 aromatic rings. The molecule has 1 aromatic carbocycles. The van der Waals surface area contributed by atoms with Crippen molar-refractivity contribution in [1.82, 2.24) is 19.8 Å². The largest absolute Gasteiger partial charge is 0.381 e. The number of ether oxygens (including phenoxy) is 1.